The summed E-state index contributed by atoms with van der Waals surface area (Å²) < 4.78 is 10.8. The SMILES string of the molecule is CCC1(C(=O)OC2CCOCC2)CCCN1. The van der Waals surface area contributed by atoms with Crippen LogP contribution in [0.15, 0.2) is 0 Å². The van der Waals surface area contributed by atoms with Gasteiger partial charge >= 0.3 is 5.97 Å². The molecule has 0 aliphatic carbocycles. The largest absolute Gasteiger partial charge is 0.461 e. The van der Waals surface area contributed by atoms with E-state index in [1.807, 2.05) is 6.92 Å². The van der Waals surface area contributed by atoms with Crippen LogP contribution >= 0.6 is 0 Å². The molecule has 2 rings (SSSR count). The van der Waals surface area contributed by atoms with Crippen LogP contribution in [0.1, 0.15) is 39.0 Å². The fourth-order valence-corrected chi connectivity index (χ4v) is 2.48. The normalized spacial score (nSPS) is 31.6. The van der Waals surface area contributed by atoms with Crippen molar-refractivity contribution in [2.24, 2.45) is 0 Å². The lowest BCUT2D eigenvalue weighted by Gasteiger charge is -2.30. The predicted molar refractivity (Wildman–Crippen MR) is 60.2 cm³/mol. The van der Waals surface area contributed by atoms with Crippen molar-refractivity contribution < 1.29 is 14.3 Å². The zero-order chi connectivity index (χ0) is 11.4. The van der Waals surface area contributed by atoms with E-state index in [2.05, 4.69) is 5.32 Å². The maximum absolute atomic E-state index is 12.1. The Morgan fingerprint density at radius 2 is 2.25 bits per heavy atom. The van der Waals surface area contributed by atoms with Crippen molar-refractivity contribution in [1.29, 1.82) is 0 Å². The van der Waals surface area contributed by atoms with Crippen LogP contribution in [0.25, 0.3) is 0 Å². The maximum Gasteiger partial charge on any atom is 0.326 e. The van der Waals surface area contributed by atoms with Crippen LogP contribution in [-0.2, 0) is 14.3 Å². The quantitative estimate of drug-likeness (QED) is 0.737. The van der Waals surface area contributed by atoms with E-state index < -0.39 is 5.54 Å². The lowest BCUT2D eigenvalue weighted by atomic mass is 9.94. The zero-order valence-electron chi connectivity index (χ0n) is 9.96. The van der Waals surface area contributed by atoms with Crippen LogP contribution < -0.4 is 5.32 Å². The number of hydrogen-bond acceptors (Lipinski definition) is 4. The third-order valence-corrected chi connectivity index (χ3v) is 3.68. The van der Waals surface area contributed by atoms with Crippen LogP contribution in [0.4, 0.5) is 0 Å². The molecule has 4 heteroatoms. The van der Waals surface area contributed by atoms with E-state index >= 15 is 0 Å². The van der Waals surface area contributed by atoms with Gasteiger partial charge in [-0.05, 0) is 25.8 Å². The van der Waals surface area contributed by atoms with Crippen molar-refractivity contribution in [2.45, 2.75) is 50.7 Å². The van der Waals surface area contributed by atoms with Crippen molar-refractivity contribution in [1.82, 2.24) is 5.32 Å². The first kappa shape index (κ1) is 11.9. The lowest BCUT2D eigenvalue weighted by molar-refractivity contribution is -0.160. The van der Waals surface area contributed by atoms with Gasteiger partial charge in [-0.3, -0.25) is 4.79 Å². The van der Waals surface area contributed by atoms with E-state index in [1.54, 1.807) is 0 Å². The summed E-state index contributed by atoms with van der Waals surface area (Å²) in [7, 11) is 0. The van der Waals surface area contributed by atoms with E-state index in [0.717, 1.165) is 38.6 Å². The number of carbonyl (C=O) groups is 1. The van der Waals surface area contributed by atoms with Gasteiger partial charge < -0.3 is 14.8 Å². The van der Waals surface area contributed by atoms with Gasteiger partial charge in [-0.2, -0.15) is 0 Å². The number of ether oxygens (including phenoxy) is 2. The molecule has 92 valence electrons. The summed E-state index contributed by atoms with van der Waals surface area (Å²) in [5, 5.41) is 3.30. The van der Waals surface area contributed by atoms with Crippen molar-refractivity contribution in [3.8, 4) is 0 Å². The number of rotatable bonds is 3. The molecule has 2 aliphatic heterocycles. The fraction of sp³-hybridized carbons (Fsp3) is 0.917. The molecule has 0 saturated carbocycles. The van der Waals surface area contributed by atoms with Crippen molar-refractivity contribution in [3.63, 3.8) is 0 Å². The Morgan fingerprint density at radius 3 is 2.81 bits per heavy atom. The maximum atomic E-state index is 12.1. The minimum atomic E-state index is -0.404. The minimum Gasteiger partial charge on any atom is -0.461 e. The van der Waals surface area contributed by atoms with E-state index in [0.29, 0.717) is 13.2 Å². The van der Waals surface area contributed by atoms with Gasteiger partial charge in [0.15, 0.2) is 0 Å². The van der Waals surface area contributed by atoms with Crippen LogP contribution in [0, 0.1) is 0 Å². The topological polar surface area (TPSA) is 47.6 Å². The average Bonchev–Trinajstić information content (AvgIpc) is 2.80. The Hall–Kier alpha value is -0.610. The average molecular weight is 227 g/mol. The van der Waals surface area contributed by atoms with Crippen molar-refractivity contribution in [3.05, 3.63) is 0 Å². The summed E-state index contributed by atoms with van der Waals surface area (Å²) in [6, 6.07) is 0. The first-order valence-corrected chi connectivity index (χ1v) is 6.31. The third-order valence-electron chi connectivity index (χ3n) is 3.68. The molecule has 16 heavy (non-hydrogen) atoms. The second kappa shape index (κ2) is 5.15. The molecule has 1 N–H and O–H groups in total. The molecule has 1 unspecified atom stereocenters. The van der Waals surface area contributed by atoms with Gasteiger partial charge in [0, 0.05) is 12.8 Å². The molecule has 0 aromatic carbocycles. The number of nitrogens with one attached hydrogen (secondary N) is 1. The van der Waals surface area contributed by atoms with Crippen molar-refractivity contribution >= 4 is 5.97 Å². The summed E-state index contributed by atoms with van der Waals surface area (Å²) >= 11 is 0. The standard InChI is InChI=1S/C12H21NO3/c1-2-12(6-3-7-13-12)11(14)16-10-4-8-15-9-5-10/h10,13H,2-9H2,1H3. The van der Waals surface area contributed by atoms with Gasteiger partial charge in [0.25, 0.3) is 0 Å². The zero-order valence-corrected chi connectivity index (χ0v) is 9.96. The predicted octanol–water partition coefficient (Wildman–Crippen LogP) is 1.24. The molecule has 2 aliphatic rings. The van der Waals surface area contributed by atoms with Crippen molar-refractivity contribution in [2.75, 3.05) is 19.8 Å². The molecule has 0 aromatic rings. The molecule has 2 fully saturated rings. The van der Waals surface area contributed by atoms with E-state index in [9.17, 15) is 4.79 Å². The van der Waals surface area contributed by atoms with Crippen LogP contribution in [-0.4, -0.2) is 37.4 Å². The smallest absolute Gasteiger partial charge is 0.326 e. The van der Waals surface area contributed by atoms with Gasteiger partial charge in [0.05, 0.1) is 13.2 Å². The monoisotopic (exact) mass is 227 g/mol. The van der Waals surface area contributed by atoms with Gasteiger partial charge in [-0.1, -0.05) is 6.92 Å². The second-order valence-electron chi connectivity index (χ2n) is 4.68. The van der Waals surface area contributed by atoms with Crippen LogP contribution in [0.2, 0.25) is 0 Å². The highest BCUT2D eigenvalue weighted by molar-refractivity contribution is 5.81. The Kier molecular flexibility index (Phi) is 3.82. The first-order chi connectivity index (χ1) is 7.77. The molecular weight excluding hydrogens is 206 g/mol. The molecule has 4 nitrogen and oxygen atoms in total. The number of hydrogen-bond donors (Lipinski definition) is 1. The Morgan fingerprint density at radius 1 is 1.50 bits per heavy atom. The fourth-order valence-electron chi connectivity index (χ4n) is 2.48. The van der Waals surface area contributed by atoms with Gasteiger partial charge in [0.1, 0.15) is 11.6 Å². The molecule has 0 aromatic heterocycles. The number of esters is 1. The molecule has 0 spiro atoms. The molecule has 2 heterocycles. The van der Waals surface area contributed by atoms with Crippen LogP contribution in [0.3, 0.4) is 0 Å². The van der Waals surface area contributed by atoms with E-state index in [-0.39, 0.29) is 12.1 Å². The summed E-state index contributed by atoms with van der Waals surface area (Å²) in [5.41, 5.74) is -0.404. The van der Waals surface area contributed by atoms with Gasteiger partial charge in [-0.15, -0.1) is 0 Å². The van der Waals surface area contributed by atoms with Crippen LogP contribution in [0.5, 0.6) is 0 Å². The summed E-state index contributed by atoms with van der Waals surface area (Å²) in [6.45, 7) is 4.40. The first-order valence-electron chi connectivity index (χ1n) is 6.31. The van der Waals surface area contributed by atoms with Gasteiger partial charge in [-0.25, -0.2) is 0 Å². The lowest BCUT2D eigenvalue weighted by Crippen LogP contribution is -2.49. The summed E-state index contributed by atoms with van der Waals surface area (Å²) in [5.74, 6) is -0.0561. The second-order valence-corrected chi connectivity index (χ2v) is 4.68. The minimum absolute atomic E-state index is 0.0561. The third kappa shape index (κ3) is 2.38. The summed E-state index contributed by atoms with van der Waals surface area (Å²) in [4.78, 5) is 12.1. The molecular formula is C12H21NO3. The Balaban J connectivity index is 1.90. The summed E-state index contributed by atoms with van der Waals surface area (Å²) in [6.07, 6.45) is 4.53. The Bertz CT molecular complexity index is 243. The number of carbonyl (C=O) groups excluding carboxylic acids is 1. The molecule has 0 amide bonds. The molecule has 0 radical (unpaired) electrons. The van der Waals surface area contributed by atoms with E-state index in [4.69, 9.17) is 9.47 Å². The molecule has 2 saturated heterocycles. The Labute approximate surface area is 96.7 Å². The molecule has 1 atom stereocenters. The highest BCUT2D eigenvalue weighted by Gasteiger charge is 2.41. The van der Waals surface area contributed by atoms with E-state index in [1.165, 1.54) is 0 Å². The highest BCUT2D eigenvalue weighted by atomic mass is 16.6. The molecule has 0 bridgehead atoms. The highest BCUT2D eigenvalue weighted by Crippen LogP contribution is 2.26. The van der Waals surface area contributed by atoms with Gasteiger partial charge in [0.2, 0.25) is 0 Å².